The second-order valence-electron chi connectivity index (χ2n) is 2.88. The normalized spacial score (nSPS) is 17.3. The van der Waals surface area contributed by atoms with E-state index in [1.165, 1.54) is 13.0 Å². The van der Waals surface area contributed by atoms with Crippen LogP contribution in [0, 0.1) is 0 Å². The van der Waals surface area contributed by atoms with Gasteiger partial charge in [0.1, 0.15) is 6.61 Å². The van der Waals surface area contributed by atoms with Gasteiger partial charge in [0.15, 0.2) is 5.60 Å². The highest BCUT2D eigenvalue weighted by Crippen LogP contribution is 2.29. The van der Waals surface area contributed by atoms with Gasteiger partial charge in [0.05, 0.1) is 0 Å². The molecule has 88 valence electrons. The maximum atomic E-state index is 11.9. The molecule has 0 rings (SSSR count). The molecule has 0 saturated heterocycles. The van der Waals surface area contributed by atoms with Crippen molar-refractivity contribution in [2.45, 2.75) is 25.6 Å². The molecule has 0 aliphatic rings. The highest BCUT2D eigenvalue weighted by atomic mass is 79.9. The van der Waals surface area contributed by atoms with E-state index in [-0.39, 0.29) is 4.48 Å². The molecule has 1 N–H and O–H groups in total. The summed E-state index contributed by atoms with van der Waals surface area (Å²) in [7, 11) is 0. The third-order valence-corrected chi connectivity index (χ3v) is 2.86. The molecule has 0 heterocycles. The monoisotopic (exact) mass is 290 g/mol. The van der Waals surface area contributed by atoms with E-state index in [0.717, 1.165) is 6.92 Å². The van der Waals surface area contributed by atoms with Gasteiger partial charge >= 0.3 is 12.1 Å². The van der Waals surface area contributed by atoms with Crippen molar-refractivity contribution in [2.75, 3.05) is 6.61 Å². The molecule has 1 unspecified atom stereocenters. The Morgan fingerprint density at radius 2 is 2.00 bits per heavy atom. The maximum absolute atomic E-state index is 11.9. The largest absolute Gasteiger partial charge is 0.479 e. The molecule has 15 heavy (non-hydrogen) atoms. The maximum Gasteiger partial charge on any atom is 0.411 e. The molecular weight excluding hydrogens is 281 g/mol. The lowest BCUT2D eigenvalue weighted by Crippen LogP contribution is -2.41. The molecule has 0 spiro atoms. The first-order valence-corrected chi connectivity index (χ1v) is 4.69. The molecule has 0 aliphatic heterocycles. The minimum absolute atomic E-state index is 0.0340. The Kier molecular flexibility index (Phi) is 4.79. The summed E-state index contributed by atoms with van der Waals surface area (Å²) in [6.45, 7) is 0.923. The van der Waals surface area contributed by atoms with Crippen LogP contribution in [0.5, 0.6) is 0 Å². The van der Waals surface area contributed by atoms with Crippen LogP contribution in [-0.2, 0) is 9.53 Å². The second-order valence-corrected chi connectivity index (χ2v) is 3.73. The number of hydrogen-bond donors (Lipinski definition) is 1. The topological polar surface area (TPSA) is 46.5 Å². The average molecular weight is 291 g/mol. The van der Waals surface area contributed by atoms with Crippen LogP contribution in [0.25, 0.3) is 0 Å². The van der Waals surface area contributed by atoms with Crippen molar-refractivity contribution in [1.82, 2.24) is 0 Å². The van der Waals surface area contributed by atoms with E-state index in [0.29, 0.717) is 0 Å². The first-order chi connectivity index (χ1) is 6.63. The van der Waals surface area contributed by atoms with Crippen molar-refractivity contribution < 1.29 is 27.8 Å². The van der Waals surface area contributed by atoms with Crippen molar-refractivity contribution in [1.29, 1.82) is 0 Å². The summed E-state index contributed by atoms with van der Waals surface area (Å²) >= 11 is 2.86. The zero-order valence-electron chi connectivity index (χ0n) is 8.06. The summed E-state index contributed by atoms with van der Waals surface area (Å²) in [6.07, 6.45) is -3.23. The second kappa shape index (κ2) is 4.98. The predicted octanol–water partition coefficient (Wildman–Crippen LogP) is 2.71. The Labute approximate surface area is 93.0 Å². The molecule has 1 atom stereocenters. The van der Waals surface area contributed by atoms with E-state index in [2.05, 4.69) is 20.7 Å². The zero-order valence-corrected chi connectivity index (χ0v) is 9.65. The van der Waals surface area contributed by atoms with Crippen LogP contribution in [0.3, 0.4) is 0 Å². The number of rotatable bonds is 4. The van der Waals surface area contributed by atoms with Gasteiger partial charge in [0.25, 0.3) is 0 Å². The number of allylic oxidation sites excluding steroid dienone is 1. The van der Waals surface area contributed by atoms with Gasteiger partial charge in [-0.15, -0.1) is 0 Å². The number of halogens is 4. The number of carboxylic acid groups (broad SMARTS) is 1. The van der Waals surface area contributed by atoms with Gasteiger partial charge in [-0.3, -0.25) is 0 Å². The lowest BCUT2D eigenvalue weighted by atomic mass is 10.1. The minimum atomic E-state index is -4.56. The van der Waals surface area contributed by atoms with Crippen molar-refractivity contribution in [3.8, 4) is 0 Å². The summed E-state index contributed by atoms with van der Waals surface area (Å²) in [6, 6.07) is 0. The summed E-state index contributed by atoms with van der Waals surface area (Å²) in [5, 5.41) is 8.77. The van der Waals surface area contributed by atoms with E-state index >= 15 is 0 Å². The minimum Gasteiger partial charge on any atom is -0.479 e. The fraction of sp³-hybridized carbons (Fsp3) is 0.625. The van der Waals surface area contributed by atoms with E-state index < -0.39 is 24.4 Å². The SMILES string of the molecule is C/C=C(\Br)C(C)(OCC(F)(F)F)C(=O)O. The van der Waals surface area contributed by atoms with E-state index in [4.69, 9.17) is 5.11 Å². The van der Waals surface area contributed by atoms with Crippen LogP contribution in [0.15, 0.2) is 10.6 Å². The van der Waals surface area contributed by atoms with Crippen LogP contribution >= 0.6 is 15.9 Å². The fourth-order valence-electron chi connectivity index (χ4n) is 0.734. The van der Waals surface area contributed by atoms with E-state index in [1.807, 2.05) is 0 Å². The Morgan fingerprint density at radius 1 is 1.53 bits per heavy atom. The number of hydrogen-bond acceptors (Lipinski definition) is 2. The molecule has 7 heteroatoms. The number of carbonyl (C=O) groups is 1. The van der Waals surface area contributed by atoms with E-state index in [1.54, 1.807) is 0 Å². The van der Waals surface area contributed by atoms with Gasteiger partial charge in [-0.25, -0.2) is 4.79 Å². The van der Waals surface area contributed by atoms with Gasteiger partial charge in [-0.2, -0.15) is 13.2 Å². The Balaban J connectivity index is 4.77. The molecule has 0 radical (unpaired) electrons. The number of alkyl halides is 3. The summed E-state index contributed by atoms with van der Waals surface area (Å²) in [5.74, 6) is -1.49. The van der Waals surface area contributed by atoms with Gasteiger partial charge in [-0.1, -0.05) is 22.0 Å². The van der Waals surface area contributed by atoms with Crippen LogP contribution < -0.4 is 0 Å². The Hall–Kier alpha value is -0.560. The molecule has 0 aromatic rings. The van der Waals surface area contributed by atoms with Gasteiger partial charge in [0, 0.05) is 4.48 Å². The van der Waals surface area contributed by atoms with Gasteiger partial charge in [-0.05, 0) is 13.8 Å². The van der Waals surface area contributed by atoms with Crippen molar-refractivity contribution in [2.24, 2.45) is 0 Å². The zero-order chi connectivity index (χ0) is 12.3. The lowest BCUT2D eigenvalue weighted by Gasteiger charge is -2.25. The van der Waals surface area contributed by atoms with Crippen molar-refractivity contribution in [3.63, 3.8) is 0 Å². The van der Waals surface area contributed by atoms with Gasteiger partial charge in [0.2, 0.25) is 0 Å². The predicted molar refractivity (Wildman–Crippen MR) is 50.7 cm³/mol. The molecule has 0 aliphatic carbocycles. The number of ether oxygens (including phenoxy) is 1. The Bertz CT molecular complexity index is 275. The average Bonchev–Trinajstić information content (AvgIpc) is 2.11. The highest BCUT2D eigenvalue weighted by Gasteiger charge is 2.41. The fourth-order valence-corrected chi connectivity index (χ4v) is 1.02. The molecule has 0 saturated carbocycles. The molecule has 0 aromatic carbocycles. The van der Waals surface area contributed by atoms with E-state index in [9.17, 15) is 18.0 Å². The smallest absolute Gasteiger partial charge is 0.411 e. The standard InChI is InChI=1S/C8H10BrF3O3/c1-3-5(9)7(2,6(13)14)15-4-8(10,11)12/h3H,4H2,1-2H3,(H,13,14)/b5-3-. The molecule has 0 aromatic heterocycles. The summed E-state index contributed by atoms with van der Waals surface area (Å²) < 4.78 is 40.0. The van der Waals surface area contributed by atoms with Crippen LogP contribution in [0.1, 0.15) is 13.8 Å². The molecule has 0 fully saturated rings. The van der Waals surface area contributed by atoms with Crippen LogP contribution in [0.2, 0.25) is 0 Å². The highest BCUT2D eigenvalue weighted by molar-refractivity contribution is 9.11. The third kappa shape index (κ3) is 4.21. The van der Waals surface area contributed by atoms with Crippen molar-refractivity contribution in [3.05, 3.63) is 10.6 Å². The quantitative estimate of drug-likeness (QED) is 0.866. The molecular formula is C8H10BrF3O3. The van der Waals surface area contributed by atoms with Crippen molar-refractivity contribution >= 4 is 21.9 Å². The Morgan fingerprint density at radius 3 is 2.27 bits per heavy atom. The number of carboxylic acids is 1. The summed E-state index contributed by atoms with van der Waals surface area (Å²) in [5.41, 5.74) is -2.01. The lowest BCUT2D eigenvalue weighted by molar-refractivity contribution is -0.202. The third-order valence-electron chi connectivity index (χ3n) is 1.64. The van der Waals surface area contributed by atoms with Crippen LogP contribution in [0.4, 0.5) is 13.2 Å². The molecule has 3 nitrogen and oxygen atoms in total. The molecule has 0 bridgehead atoms. The first kappa shape index (κ1) is 14.4. The molecule has 0 amide bonds. The van der Waals surface area contributed by atoms with Gasteiger partial charge < -0.3 is 9.84 Å². The summed E-state index contributed by atoms with van der Waals surface area (Å²) in [4.78, 5) is 10.8. The number of aliphatic carboxylic acids is 1. The first-order valence-electron chi connectivity index (χ1n) is 3.90. The van der Waals surface area contributed by atoms with Crippen LogP contribution in [-0.4, -0.2) is 29.5 Å².